The Balaban J connectivity index is 1.77. The Morgan fingerprint density at radius 3 is 2.38 bits per heavy atom. The van der Waals surface area contributed by atoms with Crippen molar-refractivity contribution in [1.82, 2.24) is 9.88 Å². The predicted octanol–water partition coefficient (Wildman–Crippen LogP) is 3.17. The van der Waals surface area contributed by atoms with Crippen LogP contribution in [0.3, 0.4) is 0 Å². The number of hydrogen-bond acceptors (Lipinski definition) is 3. The van der Waals surface area contributed by atoms with Crippen molar-refractivity contribution in [1.29, 1.82) is 0 Å². The maximum atomic E-state index is 11.4. The highest BCUT2D eigenvalue weighted by molar-refractivity contribution is 5.88. The van der Waals surface area contributed by atoms with E-state index in [9.17, 15) is 9.59 Å². The van der Waals surface area contributed by atoms with Crippen LogP contribution < -0.4 is 0 Å². The van der Waals surface area contributed by atoms with Gasteiger partial charge < -0.3 is 10.0 Å². The molecule has 1 saturated heterocycles. The van der Waals surface area contributed by atoms with Gasteiger partial charge in [0.2, 0.25) is 5.91 Å². The summed E-state index contributed by atoms with van der Waals surface area (Å²) >= 11 is 0. The molecule has 0 atom stereocenters. The number of rotatable bonds is 3. The molecule has 1 aliphatic heterocycles. The molecule has 0 aliphatic carbocycles. The fraction of sp³-hybridized carbons (Fsp3) is 0.316. The molecule has 1 fully saturated rings. The topological polar surface area (TPSA) is 70.5 Å². The summed E-state index contributed by atoms with van der Waals surface area (Å²) in [6, 6.07) is 10.9. The number of likely N-dealkylation sites (tertiary alicyclic amines) is 1. The number of amides is 1. The van der Waals surface area contributed by atoms with Crippen molar-refractivity contribution in [2.45, 2.75) is 25.7 Å². The molecule has 124 valence electrons. The third-order valence-corrected chi connectivity index (χ3v) is 4.62. The molecular formula is C19H20N2O3. The zero-order valence-corrected chi connectivity index (χ0v) is 13.6. The summed E-state index contributed by atoms with van der Waals surface area (Å²) in [5.74, 6) is -0.358. The molecule has 0 radical (unpaired) electrons. The van der Waals surface area contributed by atoms with Gasteiger partial charge >= 0.3 is 5.97 Å². The lowest BCUT2D eigenvalue weighted by Crippen LogP contribution is -2.36. The molecule has 1 aromatic carbocycles. The zero-order valence-electron chi connectivity index (χ0n) is 13.6. The van der Waals surface area contributed by atoms with Crippen LogP contribution in [0.2, 0.25) is 0 Å². The number of carboxylic acid groups (broad SMARTS) is 1. The minimum Gasteiger partial charge on any atom is -0.478 e. The van der Waals surface area contributed by atoms with Crippen molar-refractivity contribution in [3.8, 4) is 11.3 Å². The van der Waals surface area contributed by atoms with E-state index >= 15 is 0 Å². The van der Waals surface area contributed by atoms with Gasteiger partial charge in [-0.05, 0) is 48.6 Å². The van der Waals surface area contributed by atoms with Crippen molar-refractivity contribution in [2.24, 2.45) is 0 Å². The molecule has 1 N–H and O–H groups in total. The summed E-state index contributed by atoms with van der Waals surface area (Å²) in [6.45, 7) is 3.21. The van der Waals surface area contributed by atoms with E-state index in [1.54, 1.807) is 37.4 Å². The highest BCUT2D eigenvalue weighted by Crippen LogP contribution is 2.30. The van der Waals surface area contributed by atoms with Crippen LogP contribution in [0, 0.1) is 0 Å². The minimum atomic E-state index is -0.930. The Hall–Kier alpha value is -2.69. The fourth-order valence-electron chi connectivity index (χ4n) is 3.17. The molecule has 1 aliphatic rings. The van der Waals surface area contributed by atoms with Gasteiger partial charge in [0, 0.05) is 31.8 Å². The summed E-state index contributed by atoms with van der Waals surface area (Å²) in [6.07, 6.45) is 3.72. The number of benzene rings is 1. The van der Waals surface area contributed by atoms with Gasteiger partial charge in [-0.25, -0.2) is 4.79 Å². The van der Waals surface area contributed by atoms with Crippen LogP contribution >= 0.6 is 0 Å². The molecular weight excluding hydrogens is 304 g/mol. The quantitative estimate of drug-likeness (QED) is 0.941. The van der Waals surface area contributed by atoms with E-state index in [0.29, 0.717) is 5.92 Å². The molecule has 1 aromatic heterocycles. The molecule has 3 rings (SSSR count). The van der Waals surface area contributed by atoms with Gasteiger partial charge in [-0.3, -0.25) is 9.78 Å². The minimum absolute atomic E-state index is 0.141. The number of nitrogens with zero attached hydrogens (tertiary/aromatic N) is 2. The largest absolute Gasteiger partial charge is 0.478 e. The van der Waals surface area contributed by atoms with E-state index in [4.69, 9.17) is 5.11 Å². The van der Waals surface area contributed by atoms with Gasteiger partial charge in [-0.1, -0.05) is 12.1 Å². The number of piperidine rings is 1. The van der Waals surface area contributed by atoms with Crippen LogP contribution in [0.5, 0.6) is 0 Å². The molecule has 5 heteroatoms. The fourth-order valence-corrected chi connectivity index (χ4v) is 3.17. The number of carbonyl (C=O) groups is 2. The molecule has 1 amide bonds. The average Bonchev–Trinajstić information content (AvgIpc) is 2.62. The second-order valence-electron chi connectivity index (χ2n) is 6.14. The first-order valence-electron chi connectivity index (χ1n) is 8.10. The third-order valence-electron chi connectivity index (χ3n) is 4.62. The molecule has 0 saturated carbocycles. The van der Waals surface area contributed by atoms with Crippen LogP contribution in [0.4, 0.5) is 0 Å². The van der Waals surface area contributed by atoms with Crippen LogP contribution in [-0.2, 0) is 4.79 Å². The van der Waals surface area contributed by atoms with E-state index in [1.165, 1.54) is 5.56 Å². The van der Waals surface area contributed by atoms with E-state index < -0.39 is 5.97 Å². The highest BCUT2D eigenvalue weighted by Gasteiger charge is 2.22. The van der Waals surface area contributed by atoms with Gasteiger partial charge in [0.15, 0.2) is 0 Å². The number of aromatic nitrogens is 1. The molecule has 2 heterocycles. The lowest BCUT2D eigenvalue weighted by molar-refractivity contribution is -0.129. The molecule has 24 heavy (non-hydrogen) atoms. The van der Waals surface area contributed by atoms with Crippen molar-refractivity contribution in [3.63, 3.8) is 0 Å². The number of hydrogen-bond donors (Lipinski definition) is 1. The van der Waals surface area contributed by atoms with Crippen molar-refractivity contribution < 1.29 is 14.7 Å². The molecule has 0 spiro atoms. The molecule has 0 unspecified atom stereocenters. The maximum Gasteiger partial charge on any atom is 0.335 e. The second-order valence-corrected chi connectivity index (χ2v) is 6.14. The first-order valence-corrected chi connectivity index (χ1v) is 8.10. The molecule has 0 bridgehead atoms. The Bertz CT molecular complexity index is 747. The Kier molecular flexibility index (Phi) is 4.60. The van der Waals surface area contributed by atoms with Crippen LogP contribution in [0.1, 0.15) is 41.6 Å². The van der Waals surface area contributed by atoms with Gasteiger partial charge in [0.05, 0.1) is 11.3 Å². The summed E-state index contributed by atoms with van der Waals surface area (Å²) in [4.78, 5) is 28.7. The van der Waals surface area contributed by atoms with E-state index in [1.807, 2.05) is 11.0 Å². The standard InChI is InChI=1S/C19H20N2O3/c1-13(22)21-10-7-14(8-11-21)17-6-9-20-18(12-17)15-2-4-16(5-3-15)19(23)24/h2-6,9,12,14H,7-8,10-11H2,1H3,(H,23,24). The lowest BCUT2D eigenvalue weighted by Gasteiger charge is -2.31. The first kappa shape index (κ1) is 16.2. The van der Waals surface area contributed by atoms with E-state index in [2.05, 4.69) is 11.1 Å². The van der Waals surface area contributed by atoms with Gasteiger partial charge in [-0.2, -0.15) is 0 Å². The maximum absolute atomic E-state index is 11.4. The summed E-state index contributed by atoms with van der Waals surface area (Å²) < 4.78 is 0. The zero-order chi connectivity index (χ0) is 17.1. The number of aromatic carboxylic acids is 1. The van der Waals surface area contributed by atoms with Gasteiger partial charge in [0.25, 0.3) is 0 Å². The van der Waals surface area contributed by atoms with Crippen molar-refractivity contribution >= 4 is 11.9 Å². The normalized spacial score (nSPS) is 15.3. The smallest absolute Gasteiger partial charge is 0.335 e. The Morgan fingerprint density at radius 1 is 1.12 bits per heavy atom. The monoisotopic (exact) mass is 324 g/mol. The predicted molar refractivity (Wildman–Crippen MR) is 90.9 cm³/mol. The lowest BCUT2D eigenvalue weighted by atomic mass is 9.89. The van der Waals surface area contributed by atoms with Gasteiger partial charge in [-0.15, -0.1) is 0 Å². The first-order chi connectivity index (χ1) is 11.5. The van der Waals surface area contributed by atoms with E-state index in [0.717, 1.165) is 37.2 Å². The SMILES string of the molecule is CC(=O)N1CCC(c2ccnc(-c3ccc(C(=O)O)cc3)c2)CC1. The number of carbonyl (C=O) groups excluding carboxylic acids is 1. The van der Waals surface area contributed by atoms with Gasteiger partial charge in [0.1, 0.15) is 0 Å². The second kappa shape index (κ2) is 6.83. The molecule has 5 nitrogen and oxygen atoms in total. The van der Waals surface area contributed by atoms with Crippen LogP contribution in [-0.4, -0.2) is 40.0 Å². The number of pyridine rings is 1. The highest BCUT2D eigenvalue weighted by atomic mass is 16.4. The Labute approximate surface area is 140 Å². The molecule has 2 aromatic rings. The summed E-state index contributed by atoms with van der Waals surface area (Å²) in [7, 11) is 0. The Morgan fingerprint density at radius 2 is 1.79 bits per heavy atom. The van der Waals surface area contributed by atoms with Crippen molar-refractivity contribution in [3.05, 3.63) is 53.7 Å². The number of carboxylic acids is 1. The van der Waals surface area contributed by atoms with Crippen molar-refractivity contribution in [2.75, 3.05) is 13.1 Å². The van der Waals surface area contributed by atoms with Crippen LogP contribution in [0.25, 0.3) is 11.3 Å². The summed E-state index contributed by atoms with van der Waals surface area (Å²) in [5, 5.41) is 8.98. The average molecular weight is 324 g/mol. The van der Waals surface area contributed by atoms with Crippen LogP contribution in [0.15, 0.2) is 42.6 Å². The summed E-state index contributed by atoms with van der Waals surface area (Å²) in [5.41, 5.74) is 3.25. The third kappa shape index (κ3) is 3.45. The van der Waals surface area contributed by atoms with E-state index in [-0.39, 0.29) is 11.5 Å².